The van der Waals surface area contributed by atoms with Crippen molar-refractivity contribution in [3.8, 4) is 6.07 Å². The maximum atomic E-state index is 9.14. The molecule has 0 atom stereocenters. The zero-order chi connectivity index (χ0) is 10.9. The lowest BCUT2D eigenvalue weighted by atomic mass is 9.84. The van der Waals surface area contributed by atoms with Crippen LogP contribution in [0.2, 0.25) is 0 Å². The highest BCUT2D eigenvalue weighted by atomic mass is 14.6. The Hall–Kier alpha value is -1.88. The summed E-state index contributed by atoms with van der Waals surface area (Å²) >= 11 is 0. The van der Waals surface area contributed by atoms with Crippen LogP contribution in [0.4, 0.5) is 0 Å². The first kappa shape index (κ1) is 9.67. The van der Waals surface area contributed by atoms with Gasteiger partial charge in [0.05, 0.1) is 17.0 Å². The molecule has 2 nitrogen and oxygen atoms in total. The molecule has 2 rings (SSSR count). The summed E-state index contributed by atoms with van der Waals surface area (Å²) < 4.78 is 0. The van der Waals surface area contributed by atoms with Gasteiger partial charge < -0.3 is 0 Å². The van der Waals surface area contributed by atoms with Gasteiger partial charge in [-0.05, 0) is 31.5 Å². The van der Waals surface area contributed by atoms with Crippen LogP contribution in [0.3, 0.4) is 0 Å². The number of nitrogens with zero attached hydrogens (tertiary/aromatic N) is 2. The lowest BCUT2D eigenvalue weighted by molar-refractivity contribution is 0.693. The summed E-state index contributed by atoms with van der Waals surface area (Å²) in [5.41, 5.74) is 1.51. The fourth-order valence-electron chi connectivity index (χ4n) is 1.70. The van der Waals surface area contributed by atoms with E-state index in [4.69, 9.17) is 5.26 Å². The van der Waals surface area contributed by atoms with Gasteiger partial charge in [-0.15, -0.1) is 0 Å². The van der Waals surface area contributed by atoms with Gasteiger partial charge in [-0.3, -0.25) is 4.98 Å². The molecule has 0 fully saturated rings. The predicted molar refractivity (Wildman–Crippen MR) is 60.4 cm³/mol. The van der Waals surface area contributed by atoms with Gasteiger partial charge in [0, 0.05) is 11.6 Å². The monoisotopic (exact) mass is 196 g/mol. The van der Waals surface area contributed by atoms with Gasteiger partial charge in [-0.2, -0.15) is 5.26 Å². The molecule has 2 heteroatoms. The van der Waals surface area contributed by atoms with E-state index in [-0.39, 0.29) is 0 Å². The van der Waals surface area contributed by atoms with Crippen molar-refractivity contribution >= 4 is 10.9 Å². The quantitative estimate of drug-likeness (QED) is 0.702. The summed E-state index contributed by atoms with van der Waals surface area (Å²) in [6, 6.07) is 12.1. The second-order valence-electron chi connectivity index (χ2n) is 4.11. The van der Waals surface area contributed by atoms with Crippen LogP contribution in [0, 0.1) is 11.3 Å². The fourth-order valence-corrected chi connectivity index (χ4v) is 1.70. The zero-order valence-corrected chi connectivity index (χ0v) is 8.86. The zero-order valence-electron chi connectivity index (χ0n) is 8.86. The Morgan fingerprint density at radius 2 is 1.93 bits per heavy atom. The molecule has 0 spiro atoms. The maximum absolute atomic E-state index is 9.14. The van der Waals surface area contributed by atoms with Gasteiger partial charge in [0.15, 0.2) is 0 Å². The number of pyridine rings is 1. The second-order valence-corrected chi connectivity index (χ2v) is 4.11. The number of aromatic nitrogens is 1. The molecule has 15 heavy (non-hydrogen) atoms. The summed E-state index contributed by atoms with van der Waals surface area (Å²) in [7, 11) is 0. The topological polar surface area (TPSA) is 36.7 Å². The van der Waals surface area contributed by atoms with Crippen molar-refractivity contribution in [2.75, 3.05) is 0 Å². The van der Waals surface area contributed by atoms with Gasteiger partial charge in [0.2, 0.25) is 0 Å². The van der Waals surface area contributed by atoms with Gasteiger partial charge >= 0.3 is 0 Å². The number of nitriles is 1. The van der Waals surface area contributed by atoms with Gasteiger partial charge in [0.25, 0.3) is 0 Å². The number of benzene rings is 1. The molecule has 0 N–H and O–H groups in total. The standard InChI is InChI=1S/C13H12N2/c1-13(2,9-14)11-7-8-15-12-6-4-3-5-10(11)12/h3-8H,1-2H3. The molecule has 0 unspecified atom stereocenters. The number of rotatable bonds is 1. The third-order valence-electron chi connectivity index (χ3n) is 2.60. The van der Waals surface area contributed by atoms with E-state index in [0.29, 0.717) is 0 Å². The van der Waals surface area contributed by atoms with E-state index in [0.717, 1.165) is 16.5 Å². The highest BCUT2D eigenvalue weighted by Crippen LogP contribution is 2.28. The summed E-state index contributed by atoms with van der Waals surface area (Å²) in [5.74, 6) is 0. The van der Waals surface area contributed by atoms with Crippen LogP contribution in [0.25, 0.3) is 10.9 Å². The predicted octanol–water partition coefficient (Wildman–Crippen LogP) is 3.04. The van der Waals surface area contributed by atoms with Crippen LogP contribution in [-0.4, -0.2) is 4.98 Å². The number of para-hydroxylation sites is 1. The van der Waals surface area contributed by atoms with E-state index in [1.807, 2.05) is 44.2 Å². The van der Waals surface area contributed by atoms with Crippen molar-refractivity contribution in [2.24, 2.45) is 0 Å². The number of hydrogen-bond donors (Lipinski definition) is 0. The first-order valence-electron chi connectivity index (χ1n) is 4.90. The van der Waals surface area contributed by atoms with Gasteiger partial charge in [-0.1, -0.05) is 18.2 Å². The molecule has 1 aromatic carbocycles. The molecule has 2 aromatic rings. The van der Waals surface area contributed by atoms with Crippen LogP contribution in [-0.2, 0) is 5.41 Å². The molecule has 74 valence electrons. The Kier molecular flexibility index (Phi) is 2.17. The average Bonchev–Trinajstić information content (AvgIpc) is 2.28. The largest absolute Gasteiger partial charge is 0.256 e. The highest BCUT2D eigenvalue weighted by molar-refractivity contribution is 5.83. The third kappa shape index (κ3) is 1.57. The average molecular weight is 196 g/mol. The van der Waals surface area contributed by atoms with E-state index in [1.54, 1.807) is 6.20 Å². The summed E-state index contributed by atoms with van der Waals surface area (Å²) in [6.07, 6.45) is 1.76. The van der Waals surface area contributed by atoms with Crippen molar-refractivity contribution in [1.82, 2.24) is 4.98 Å². The minimum atomic E-state index is -0.470. The van der Waals surface area contributed by atoms with E-state index >= 15 is 0 Å². The van der Waals surface area contributed by atoms with Gasteiger partial charge in [-0.25, -0.2) is 0 Å². The summed E-state index contributed by atoms with van der Waals surface area (Å²) in [4.78, 5) is 4.28. The fraction of sp³-hybridized carbons (Fsp3) is 0.231. The lowest BCUT2D eigenvalue weighted by Crippen LogP contribution is -2.14. The number of hydrogen-bond acceptors (Lipinski definition) is 2. The van der Waals surface area contributed by atoms with Crippen molar-refractivity contribution in [2.45, 2.75) is 19.3 Å². The first-order valence-corrected chi connectivity index (χ1v) is 4.90. The molecule has 0 aliphatic carbocycles. The summed E-state index contributed by atoms with van der Waals surface area (Å²) in [5, 5.41) is 10.2. The second kappa shape index (κ2) is 3.36. The van der Waals surface area contributed by atoms with Crippen molar-refractivity contribution in [3.05, 3.63) is 42.1 Å². The molecule has 1 aromatic heterocycles. The molecule has 0 aliphatic heterocycles. The maximum Gasteiger partial charge on any atom is 0.0773 e. The third-order valence-corrected chi connectivity index (χ3v) is 2.60. The molecule has 0 saturated heterocycles. The van der Waals surface area contributed by atoms with Crippen LogP contribution in [0.15, 0.2) is 36.5 Å². The van der Waals surface area contributed by atoms with Crippen molar-refractivity contribution < 1.29 is 0 Å². The first-order chi connectivity index (χ1) is 7.15. The van der Waals surface area contributed by atoms with Crippen LogP contribution in [0.5, 0.6) is 0 Å². The van der Waals surface area contributed by atoms with Crippen LogP contribution in [0.1, 0.15) is 19.4 Å². The molecule has 0 radical (unpaired) electrons. The lowest BCUT2D eigenvalue weighted by Gasteiger charge is -2.17. The smallest absolute Gasteiger partial charge is 0.0773 e. The van der Waals surface area contributed by atoms with E-state index in [2.05, 4.69) is 11.1 Å². The van der Waals surface area contributed by atoms with Gasteiger partial charge in [0.1, 0.15) is 0 Å². The van der Waals surface area contributed by atoms with Crippen LogP contribution < -0.4 is 0 Å². The Bertz CT molecular complexity index is 530. The Balaban J connectivity index is 2.78. The van der Waals surface area contributed by atoms with Crippen molar-refractivity contribution in [3.63, 3.8) is 0 Å². The van der Waals surface area contributed by atoms with E-state index < -0.39 is 5.41 Å². The van der Waals surface area contributed by atoms with Crippen molar-refractivity contribution in [1.29, 1.82) is 5.26 Å². The minimum Gasteiger partial charge on any atom is -0.256 e. The van der Waals surface area contributed by atoms with Crippen LogP contribution >= 0.6 is 0 Å². The Morgan fingerprint density at radius 3 is 2.67 bits per heavy atom. The highest BCUT2D eigenvalue weighted by Gasteiger charge is 2.21. The number of fused-ring (bicyclic) bond motifs is 1. The Labute approximate surface area is 89.2 Å². The molecule has 1 heterocycles. The normalized spacial score (nSPS) is 11.3. The molecule has 0 amide bonds. The molecular weight excluding hydrogens is 184 g/mol. The minimum absolute atomic E-state index is 0.470. The molecular formula is C13H12N2. The molecule has 0 aliphatic rings. The SMILES string of the molecule is CC(C)(C#N)c1ccnc2ccccc12. The van der Waals surface area contributed by atoms with E-state index in [9.17, 15) is 0 Å². The van der Waals surface area contributed by atoms with E-state index in [1.165, 1.54) is 0 Å². The Morgan fingerprint density at radius 1 is 1.20 bits per heavy atom. The molecule has 0 saturated carbocycles. The summed E-state index contributed by atoms with van der Waals surface area (Å²) in [6.45, 7) is 3.85. The molecule has 0 bridgehead atoms.